The maximum atomic E-state index is 10.5. The van der Waals surface area contributed by atoms with Gasteiger partial charge in [0.15, 0.2) is 17.0 Å². The number of carbonyl (C=O) groups is 1. The van der Waals surface area contributed by atoms with Gasteiger partial charge in [-0.15, -0.1) is 5.43 Å². The number of nitro groups is 1. The summed E-state index contributed by atoms with van der Waals surface area (Å²) >= 11 is 0. The summed E-state index contributed by atoms with van der Waals surface area (Å²) in [6.07, 6.45) is 0.419. The van der Waals surface area contributed by atoms with Crippen LogP contribution in [0.5, 0.6) is 0 Å². The van der Waals surface area contributed by atoms with Crippen LogP contribution in [0.2, 0.25) is 0 Å². The van der Waals surface area contributed by atoms with Crippen molar-refractivity contribution < 1.29 is 20.0 Å². The molecule has 0 radical (unpaired) electrons. The van der Waals surface area contributed by atoms with E-state index in [1.54, 1.807) is 12.3 Å². The molecule has 0 bridgehead atoms. The van der Waals surface area contributed by atoms with E-state index < -0.39 is 17.0 Å². The lowest BCUT2D eigenvalue weighted by atomic mass is 10.2. The first-order chi connectivity index (χ1) is 8.34. The van der Waals surface area contributed by atoms with Crippen molar-refractivity contribution >= 4 is 11.9 Å². The van der Waals surface area contributed by atoms with Crippen molar-refractivity contribution in [2.75, 3.05) is 13.2 Å². The van der Waals surface area contributed by atoms with E-state index in [0.717, 1.165) is 0 Å². The van der Waals surface area contributed by atoms with E-state index in [-0.39, 0.29) is 25.5 Å². The molecule has 0 aromatic rings. The van der Waals surface area contributed by atoms with Crippen LogP contribution in [0.25, 0.3) is 0 Å². The number of carboxylic acids is 1. The summed E-state index contributed by atoms with van der Waals surface area (Å²) in [5.74, 6) is -1.37. The lowest BCUT2D eigenvalue weighted by Gasteiger charge is -2.07. The molecule has 0 aliphatic carbocycles. The van der Waals surface area contributed by atoms with E-state index in [1.807, 2.05) is 0 Å². The lowest BCUT2D eigenvalue weighted by molar-refractivity contribution is -0.549. The lowest BCUT2D eigenvalue weighted by Crippen LogP contribution is -2.40. The first-order valence-electron chi connectivity index (χ1n) is 5.14. The quantitative estimate of drug-likeness (QED) is 0.118. The predicted octanol–water partition coefficient (Wildman–Crippen LogP) is -1.73. The largest absolute Gasteiger partial charge is 0.480 e. The molecule has 7 N–H and O–H groups in total. The Balaban J connectivity index is 0. The Bertz CT molecular complexity index is 279. The Hall–Kier alpha value is -2.10. The summed E-state index contributed by atoms with van der Waals surface area (Å²) in [5, 5.41) is 25.3. The van der Waals surface area contributed by atoms with Gasteiger partial charge in [-0.25, -0.2) is 14.9 Å². The number of nitrogens with one attached hydrogen (secondary N) is 1. The van der Waals surface area contributed by atoms with E-state index in [1.165, 1.54) is 0 Å². The normalized spacial score (nSPS) is 10.6. The van der Waals surface area contributed by atoms with Gasteiger partial charge in [-0.05, 0) is 19.8 Å². The van der Waals surface area contributed by atoms with Gasteiger partial charge in [0, 0.05) is 13.2 Å². The SMILES string of the molecule is CCO.NC(N)=NCCC[C@H](N[N+](=O)[O-])C(=O)O. The highest BCUT2D eigenvalue weighted by atomic mass is 16.7. The third kappa shape index (κ3) is 13.9. The molecular weight excluding hydrogens is 246 g/mol. The molecule has 10 nitrogen and oxygen atoms in total. The Labute approximate surface area is 104 Å². The van der Waals surface area contributed by atoms with Gasteiger partial charge in [0.1, 0.15) is 0 Å². The maximum Gasteiger partial charge on any atom is 0.332 e. The number of aliphatic imine (C=N–C) groups is 1. The van der Waals surface area contributed by atoms with Crippen LogP contribution >= 0.6 is 0 Å². The van der Waals surface area contributed by atoms with E-state index >= 15 is 0 Å². The molecule has 0 rings (SSSR count). The van der Waals surface area contributed by atoms with Crippen molar-refractivity contribution in [2.24, 2.45) is 16.5 Å². The molecule has 10 heteroatoms. The predicted molar refractivity (Wildman–Crippen MR) is 64.2 cm³/mol. The van der Waals surface area contributed by atoms with Crippen molar-refractivity contribution in [1.82, 2.24) is 5.43 Å². The van der Waals surface area contributed by atoms with Crippen molar-refractivity contribution in [1.29, 1.82) is 0 Å². The van der Waals surface area contributed by atoms with E-state index in [4.69, 9.17) is 21.7 Å². The zero-order valence-electron chi connectivity index (χ0n) is 10.1. The highest BCUT2D eigenvalue weighted by Gasteiger charge is 2.20. The maximum absolute atomic E-state index is 10.5. The minimum atomic E-state index is -1.28. The zero-order chi connectivity index (χ0) is 14.6. The number of aliphatic carboxylic acids is 1. The van der Waals surface area contributed by atoms with Crippen LogP contribution < -0.4 is 16.9 Å². The fraction of sp³-hybridized carbons (Fsp3) is 0.750. The summed E-state index contributed by atoms with van der Waals surface area (Å²) in [7, 11) is 0. The highest BCUT2D eigenvalue weighted by Crippen LogP contribution is 1.98. The van der Waals surface area contributed by atoms with E-state index in [2.05, 4.69) is 4.99 Å². The van der Waals surface area contributed by atoms with Gasteiger partial charge in [0.05, 0.1) is 0 Å². The van der Waals surface area contributed by atoms with Gasteiger partial charge >= 0.3 is 5.97 Å². The smallest absolute Gasteiger partial charge is 0.332 e. The summed E-state index contributed by atoms with van der Waals surface area (Å²) in [4.78, 5) is 24.1. The second-order valence-corrected chi connectivity index (χ2v) is 3.04. The van der Waals surface area contributed by atoms with Crippen molar-refractivity contribution in [2.45, 2.75) is 25.8 Å². The zero-order valence-corrected chi connectivity index (χ0v) is 10.1. The Morgan fingerprint density at radius 2 is 2.06 bits per heavy atom. The van der Waals surface area contributed by atoms with E-state index in [0.29, 0.717) is 6.42 Å². The fourth-order valence-corrected chi connectivity index (χ4v) is 0.874. The molecule has 0 aromatic heterocycles. The van der Waals surface area contributed by atoms with Crippen LogP contribution in [0.15, 0.2) is 4.99 Å². The fourth-order valence-electron chi connectivity index (χ4n) is 0.874. The number of nitrogens with two attached hydrogens (primary N) is 2. The number of hydrazine groups is 1. The molecule has 0 unspecified atom stereocenters. The molecule has 0 amide bonds. The molecule has 106 valence electrons. The average molecular weight is 265 g/mol. The van der Waals surface area contributed by atoms with Gasteiger partial charge in [-0.2, -0.15) is 0 Å². The molecule has 0 saturated carbocycles. The Morgan fingerprint density at radius 3 is 2.39 bits per heavy atom. The van der Waals surface area contributed by atoms with Crippen LogP contribution in [0.4, 0.5) is 0 Å². The highest BCUT2D eigenvalue weighted by molar-refractivity contribution is 5.75. The second kappa shape index (κ2) is 11.4. The molecule has 1 atom stereocenters. The molecule has 0 heterocycles. The van der Waals surface area contributed by atoms with Crippen molar-refractivity contribution in [3.63, 3.8) is 0 Å². The molecule has 0 aromatic carbocycles. The first-order valence-corrected chi connectivity index (χ1v) is 5.14. The van der Waals surface area contributed by atoms with Gasteiger partial charge in [0.2, 0.25) is 0 Å². The molecule has 0 spiro atoms. The van der Waals surface area contributed by atoms with Gasteiger partial charge in [-0.3, -0.25) is 4.99 Å². The second-order valence-electron chi connectivity index (χ2n) is 3.04. The number of hydrogen-bond acceptors (Lipinski definition) is 5. The first kappa shape index (κ1) is 18.3. The Morgan fingerprint density at radius 1 is 1.56 bits per heavy atom. The molecule has 0 fully saturated rings. The van der Waals surface area contributed by atoms with Crippen LogP contribution in [0, 0.1) is 10.1 Å². The number of rotatable bonds is 7. The molecular formula is C8H19N5O5. The standard InChI is InChI=1S/C6H13N5O4.C2H6O/c7-6(8)9-3-1-2-4(5(12)13)10-11(14)15;1-2-3/h4,10H,1-3H2,(H,12,13)(H4,7,8,9);3H,2H2,1H3/t4-;/m0./s1. The average Bonchev–Trinajstić information content (AvgIpc) is 2.22. The molecule has 18 heavy (non-hydrogen) atoms. The van der Waals surface area contributed by atoms with Gasteiger partial charge < -0.3 is 21.7 Å². The molecule has 0 aliphatic heterocycles. The van der Waals surface area contributed by atoms with E-state index in [9.17, 15) is 14.9 Å². The number of aliphatic hydroxyl groups excluding tert-OH is 1. The minimum Gasteiger partial charge on any atom is -0.480 e. The summed E-state index contributed by atoms with van der Waals surface area (Å²) in [6, 6.07) is -1.23. The van der Waals surface area contributed by atoms with Gasteiger partial charge in [0.25, 0.3) is 0 Å². The van der Waals surface area contributed by atoms with Crippen LogP contribution in [0.1, 0.15) is 19.8 Å². The summed E-state index contributed by atoms with van der Waals surface area (Å²) < 4.78 is 0. The minimum absolute atomic E-state index is 0.0765. The number of hydrogen-bond donors (Lipinski definition) is 5. The topological polar surface area (TPSA) is 177 Å². The number of carboxylic acid groups (broad SMARTS) is 1. The molecule has 0 saturated heterocycles. The van der Waals surface area contributed by atoms with Crippen LogP contribution in [-0.4, -0.2) is 46.4 Å². The summed E-state index contributed by atoms with van der Waals surface area (Å²) in [5.41, 5.74) is 11.8. The Kier molecular flexibility index (Phi) is 11.6. The number of nitrogens with zero attached hydrogens (tertiary/aromatic N) is 2. The van der Waals surface area contributed by atoms with Crippen molar-refractivity contribution in [3.8, 4) is 0 Å². The van der Waals surface area contributed by atoms with Crippen LogP contribution in [0.3, 0.4) is 0 Å². The van der Waals surface area contributed by atoms with Gasteiger partial charge in [-0.1, -0.05) is 0 Å². The molecule has 0 aliphatic rings. The van der Waals surface area contributed by atoms with Crippen molar-refractivity contribution in [3.05, 3.63) is 10.1 Å². The third-order valence-electron chi connectivity index (χ3n) is 1.50. The van der Waals surface area contributed by atoms with Crippen LogP contribution in [-0.2, 0) is 4.79 Å². The third-order valence-corrected chi connectivity index (χ3v) is 1.50. The monoisotopic (exact) mass is 265 g/mol. The summed E-state index contributed by atoms with van der Waals surface area (Å²) in [6.45, 7) is 2.17. The number of guanidine groups is 1. The number of aliphatic hydroxyl groups is 1.